The summed E-state index contributed by atoms with van der Waals surface area (Å²) < 4.78 is 9.01. The lowest BCUT2D eigenvalue weighted by atomic mass is 10.0. The van der Waals surface area contributed by atoms with Crippen molar-refractivity contribution in [2.45, 2.75) is 13.0 Å². The first-order valence-corrected chi connectivity index (χ1v) is 14.0. The van der Waals surface area contributed by atoms with E-state index in [0.29, 0.717) is 20.6 Å². The number of aromatic nitrogens is 3. The second kappa shape index (κ2) is 9.55. The van der Waals surface area contributed by atoms with Gasteiger partial charge in [-0.05, 0) is 48.0 Å². The van der Waals surface area contributed by atoms with Crippen molar-refractivity contribution in [2.24, 2.45) is 4.99 Å². The molecule has 0 amide bonds. The second-order valence-electron chi connectivity index (χ2n) is 8.28. The number of esters is 1. The maximum absolute atomic E-state index is 13.8. The first-order valence-electron chi connectivity index (χ1n) is 11.4. The van der Waals surface area contributed by atoms with Crippen LogP contribution in [0.1, 0.15) is 23.4 Å². The molecular formula is C27H20N4O3S3. The minimum absolute atomic E-state index is 0.208. The predicted octanol–water partition coefficient (Wildman–Crippen LogP) is 4.38. The molecule has 37 heavy (non-hydrogen) atoms. The molecule has 0 saturated carbocycles. The molecule has 0 bridgehead atoms. The highest BCUT2D eigenvalue weighted by atomic mass is 32.1. The molecule has 4 aromatic heterocycles. The van der Waals surface area contributed by atoms with E-state index in [-0.39, 0.29) is 5.56 Å². The number of rotatable bonds is 5. The van der Waals surface area contributed by atoms with Crippen LogP contribution in [0, 0.1) is 0 Å². The number of ether oxygens (including phenoxy) is 1. The summed E-state index contributed by atoms with van der Waals surface area (Å²) in [4.78, 5) is 33.7. The van der Waals surface area contributed by atoms with Crippen LogP contribution in [0.5, 0.6) is 0 Å². The van der Waals surface area contributed by atoms with Gasteiger partial charge in [-0.15, -0.1) is 22.7 Å². The van der Waals surface area contributed by atoms with E-state index >= 15 is 0 Å². The average molecular weight is 545 g/mol. The second-order valence-corrected chi connectivity index (χ2v) is 11.2. The van der Waals surface area contributed by atoms with Gasteiger partial charge >= 0.3 is 5.97 Å². The van der Waals surface area contributed by atoms with Gasteiger partial charge in [0.15, 0.2) is 4.80 Å². The van der Waals surface area contributed by atoms with Gasteiger partial charge in [-0.1, -0.05) is 41.7 Å². The van der Waals surface area contributed by atoms with Crippen molar-refractivity contribution in [3.05, 3.63) is 113 Å². The van der Waals surface area contributed by atoms with E-state index < -0.39 is 12.0 Å². The number of fused-ring (bicyclic) bond motifs is 1. The summed E-state index contributed by atoms with van der Waals surface area (Å²) in [5.74, 6) is -0.488. The number of nitrogens with zero attached hydrogens (tertiary/aromatic N) is 4. The molecule has 0 spiro atoms. The number of thiophene rings is 2. The summed E-state index contributed by atoms with van der Waals surface area (Å²) in [5, 5.41) is 8.78. The third-order valence-corrected chi connectivity index (χ3v) is 8.83. The fourth-order valence-corrected chi connectivity index (χ4v) is 6.95. The van der Waals surface area contributed by atoms with E-state index in [9.17, 15) is 9.59 Å². The number of para-hydroxylation sites is 1. The summed E-state index contributed by atoms with van der Waals surface area (Å²) in [7, 11) is 1.34. The normalized spacial score (nSPS) is 15.5. The number of hydrogen-bond donors (Lipinski definition) is 0. The third-order valence-electron chi connectivity index (χ3n) is 6.04. The number of carbonyl (C=O) groups is 1. The monoisotopic (exact) mass is 544 g/mol. The topological polar surface area (TPSA) is 78.5 Å². The Morgan fingerprint density at radius 1 is 1.05 bits per heavy atom. The van der Waals surface area contributed by atoms with Gasteiger partial charge in [0.1, 0.15) is 11.7 Å². The Labute approximate surface area is 223 Å². The Bertz CT molecular complexity index is 1810. The van der Waals surface area contributed by atoms with Crippen molar-refractivity contribution in [1.29, 1.82) is 0 Å². The van der Waals surface area contributed by atoms with Crippen LogP contribution in [-0.4, -0.2) is 27.4 Å². The van der Waals surface area contributed by atoms with Crippen LogP contribution in [0.4, 0.5) is 0 Å². The maximum Gasteiger partial charge on any atom is 0.338 e. The zero-order valence-electron chi connectivity index (χ0n) is 19.8. The molecule has 0 radical (unpaired) electrons. The minimum Gasteiger partial charge on any atom is -0.466 e. The van der Waals surface area contributed by atoms with Crippen molar-refractivity contribution in [1.82, 2.24) is 14.3 Å². The summed E-state index contributed by atoms with van der Waals surface area (Å²) >= 11 is 4.39. The van der Waals surface area contributed by atoms with Crippen LogP contribution >= 0.6 is 34.0 Å². The minimum atomic E-state index is -0.588. The van der Waals surface area contributed by atoms with E-state index in [1.54, 1.807) is 22.8 Å². The Morgan fingerprint density at radius 3 is 2.54 bits per heavy atom. The van der Waals surface area contributed by atoms with E-state index in [0.717, 1.165) is 26.7 Å². The summed E-state index contributed by atoms with van der Waals surface area (Å²) in [5.41, 5.74) is 3.27. The molecular weight excluding hydrogens is 525 g/mol. The summed E-state index contributed by atoms with van der Waals surface area (Å²) in [6.07, 6.45) is 3.80. The molecule has 0 fully saturated rings. The van der Waals surface area contributed by atoms with Gasteiger partial charge in [0, 0.05) is 16.6 Å². The Kier molecular flexibility index (Phi) is 6.07. The van der Waals surface area contributed by atoms with Crippen LogP contribution in [0.2, 0.25) is 0 Å². The molecule has 1 aromatic carbocycles. The highest BCUT2D eigenvalue weighted by Gasteiger charge is 2.33. The first kappa shape index (κ1) is 23.5. The lowest BCUT2D eigenvalue weighted by molar-refractivity contribution is -0.136. The van der Waals surface area contributed by atoms with Crippen molar-refractivity contribution in [2.75, 3.05) is 7.11 Å². The predicted molar refractivity (Wildman–Crippen MR) is 147 cm³/mol. The molecule has 184 valence electrons. The highest BCUT2D eigenvalue weighted by Crippen LogP contribution is 2.33. The summed E-state index contributed by atoms with van der Waals surface area (Å²) in [6, 6.07) is 17.1. The van der Waals surface area contributed by atoms with Crippen LogP contribution in [0.25, 0.3) is 22.3 Å². The fourth-order valence-electron chi connectivity index (χ4n) is 4.36. The summed E-state index contributed by atoms with van der Waals surface area (Å²) in [6.45, 7) is 1.78. The van der Waals surface area contributed by atoms with E-state index in [1.165, 1.54) is 29.8 Å². The van der Waals surface area contributed by atoms with Gasteiger partial charge in [-0.2, -0.15) is 5.10 Å². The molecule has 1 atom stereocenters. The fraction of sp³-hybridized carbons (Fsp3) is 0.111. The van der Waals surface area contributed by atoms with Gasteiger partial charge in [0.2, 0.25) is 0 Å². The number of benzene rings is 1. The number of thiazole rings is 1. The largest absolute Gasteiger partial charge is 0.466 e. The molecule has 1 unspecified atom stereocenters. The SMILES string of the molecule is COC(=O)C1=C(C)N=c2sc(=Cc3cn(-c4ccccc4)nc3-c3cccs3)c(=O)n2C1c1cccs1. The zero-order chi connectivity index (χ0) is 25.5. The lowest BCUT2D eigenvalue weighted by Crippen LogP contribution is -2.39. The van der Waals surface area contributed by atoms with E-state index in [2.05, 4.69) is 4.99 Å². The number of methoxy groups -OCH3 is 1. The van der Waals surface area contributed by atoms with Crippen LogP contribution in [0.3, 0.4) is 0 Å². The standard InChI is InChI=1S/C27H20N4O3S3/c1-16-22(26(33)34-2)24(20-11-7-13-36-20)31-25(32)21(37-27(31)28-16)14-17-15-30(18-8-4-3-5-9-18)29-23(17)19-10-6-12-35-19/h3-15,24H,1-2H3. The Balaban J connectivity index is 1.56. The van der Waals surface area contributed by atoms with Crippen LogP contribution in [0.15, 0.2) is 92.6 Å². The lowest BCUT2D eigenvalue weighted by Gasteiger charge is -2.22. The average Bonchev–Trinajstić information content (AvgIpc) is 3.72. The molecule has 1 aliphatic rings. The van der Waals surface area contributed by atoms with Gasteiger partial charge in [0.05, 0.1) is 33.5 Å². The third kappa shape index (κ3) is 4.12. The van der Waals surface area contributed by atoms with E-state index in [4.69, 9.17) is 9.84 Å². The molecule has 0 saturated heterocycles. The smallest absolute Gasteiger partial charge is 0.338 e. The highest BCUT2D eigenvalue weighted by molar-refractivity contribution is 7.13. The molecule has 5 aromatic rings. The zero-order valence-corrected chi connectivity index (χ0v) is 22.3. The number of carbonyl (C=O) groups excluding carboxylic acids is 1. The van der Waals surface area contributed by atoms with Crippen LogP contribution in [-0.2, 0) is 9.53 Å². The molecule has 6 rings (SSSR count). The Hall–Kier alpha value is -3.86. The molecule has 1 aliphatic heterocycles. The number of allylic oxidation sites excluding steroid dienone is 1. The van der Waals surface area contributed by atoms with Gasteiger partial charge < -0.3 is 4.74 Å². The molecule has 0 aliphatic carbocycles. The van der Waals surface area contributed by atoms with E-state index in [1.807, 2.05) is 82.3 Å². The first-order chi connectivity index (χ1) is 18.0. The van der Waals surface area contributed by atoms with Crippen LogP contribution < -0.4 is 14.9 Å². The Morgan fingerprint density at radius 2 is 1.84 bits per heavy atom. The quantitative estimate of drug-likeness (QED) is 0.308. The van der Waals surface area contributed by atoms with Gasteiger partial charge in [-0.25, -0.2) is 14.5 Å². The molecule has 7 nitrogen and oxygen atoms in total. The molecule has 10 heteroatoms. The van der Waals surface area contributed by atoms with Crippen molar-refractivity contribution < 1.29 is 9.53 Å². The van der Waals surface area contributed by atoms with Crippen molar-refractivity contribution in [3.8, 4) is 16.3 Å². The van der Waals surface area contributed by atoms with Crippen molar-refractivity contribution in [3.63, 3.8) is 0 Å². The molecule has 5 heterocycles. The van der Waals surface area contributed by atoms with Gasteiger partial charge in [0.25, 0.3) is 5.56 Å². The number of hydrogen-bond acceptors (Lipinski definition) is 8. The molecule has 0 N–H and O–H groups in total. The van der Waals surface area contributed by atoms with Gasteiger partial charge in [-0.3, -0.25) is 9.36 Å². The maximum atomic E-state index is 13.8. The van der Waals surface area contributed by atoms with Crippen molar-refractivity contribution >= 4 is 46.1 Å².